The summed E-state index contributed by atoms with van der Waals surface area (Å²) in [7, 11) is 0. The van der Waals surface area contributed by atoms with E-state index in [1.807, 2.05) is 6.07 Å². The average Bonchev–Trinajstić information content (AvgIpc) is 3.55. The molecule has 188 valence electrons. The van der Waals surface area contributed by atoms with E-state index in [-0.39, 0.29) is 12.0 Å². The van der Waals surface area contributed by atoms with Gasteiger partial charge in [-0.25, -0.2) is 0 Å². The van der Waals surface area contributed by atoms with Crippen molar-refractivity contribution in [2.24, 2.45) is 0 Å². The molecular weight excluding hydrogens is 486 g/mol. The summed E-state index contributed by atoms with van der Waals surface area (Å²) in [5.41, 5.74) is 8.12. The number of nitrogens with zero attached hydrogens (tertiary/aromatic N) is 1. The van der Waals surface area contributed by atoms with Crippen molar-refractivity contribution in [2.75, 3.05) is 4.90 Å². The SMILES string of the molecule is C1=CC2c3cc(-c4cccc5c4oc4ccccc45)ccc3N(c3c4ccccc4cc4ccccc34)C2C=C1. The van der Waals surface area contributed by atoms with Crippen molar-refractivity contribution in [3.8, 4) is 11.1 Å². The van der Waals surface area contributed by atoms with Gasteiger partial charge in [0.1, 0.15) is 11.2 Å². The van der Waals surface area contributed by atoms with Crippen molar-refractivity contribution in [3.63, 3.8) is 0 Å². The fourth-order valence-corrected chi connectivity index (χ4v) is 6.99. The molecule has 2 atom stereocenters. The maximum Gasteiger partial charge on any atom is 0.143 e. The number of furan rings is 1. The second kappa shape index (κ2) is 8.21. The zero-order chi connectivity index (χ0) is 26.2. The zero-order valence-corrected chi connectivity index (χ0v) is 21.8. The van der Waals surface area contributed by atoms with Gasteiger partial charge in [0, 0.05) is 38.7 Å². The first-order chi connectivity index (χ1) is 19.8. The van der Waals surface area contributed by atoms with Crippen LogP contribution in [-0.4, -0.2) is 6.04 Å². The van der Waals surface area contributed by atoms with Gasteiger partial charge in [0.05, 0.1) is 11.7 Å². The quantitative estimate of drug-likeness (QED) is 0.215. The lowest BCUT2D eigenvalue weighted by Gasteiger charge is -2.31. The zero-order valence-electron chi connectivity index (χ0n) is 21.8. The molecule has 0 radical (unpaired) electrons. The summed E-state index contributed by atoms with van der Waals surface area (Å²) in [5, 5.41) is 7.43. The second-order valence-corrected chi connectivity index (χ2v) is 10.9. The Labute approximate surface area is 232 Å². The van der Waals surface area contributed by atoms with Crippen LogP contribution in [0.15, 0.2) is 144 Å². The van der Waals surface area contributed by atoms with Gasteiger partial charge in [-0.05, 0) is 46.2 Å². The van der Waals surface area contributed by atoms with Crippen LogP contribution in [0.1, 0.15) is 11.5 Å². The molecule has 0 saturated heterocycles. The van der Waals surface area contributed by atoms with Crippen LogP contribution >= 0.6 is 0 Å². The summed E-state index contributed by atoms with van der Waals surface area (Å²) in [6, 6.07) is 41.9. The third kappa shape index (κ3) is 2.99. The Kier molecular flexibility index (Phi) is 4.48. The highest BCUT2D eigenvalue weighted by Gasteiger charge is 2.38. The molecule has 9 rings (SSSR count). The van der Waals surface area contributed by atoms with Crippen LogP contribution in [0.3, 0.4) is 0 Å². The monoisotopic (exact) mass is 511 g/mol. The normalized spacial score (nSPS) is 17.8. The van der Waals surface area contributed by atoms with Crippen molar-refractivity contribution in [3.05, 3.63) is 145 Å². The van der Waals surface area contributed by atoms with Crippen molar-refractivity contribution >= 4 is 54.9 Å². The average molecular weight is 512 g/mol. The molecule has 1 aromatic heterocycles. The van der Waals surface area contributed by atoms with E-state index in [4.69, 9.17) is 4.42 Å². The maximum absolute atomic E-state index is 6.42. The van der Waals surface area contributed by atoms with Crippen molar-refractivity contribution < 1.29 is 4.42 Å². The third-order valence-corrected chi connectivity index (χ3v) is 8.75. The summed E-state index contributed by atoms with van der Waals surface area (Å²) >= 11 is 0. The lowest BCUT2D eigenvalue weighted by molar-refractivity contribution is 0.670. The summed E-state index contributed by atoms with van der Waals surface area (Å²) in [6.07, 6.45) is 9.12. The fourth-order valence-electron chi connectivity index (χ4n) is 6.99. The number of allylic oxidation sites excluding steroid dienone is 2. The molecule has 0 spiro atoms. The maximum atomic E-state index is 6.42. The number of hydrogen-bond donors (Lipinski definition) is 0. The molecule has 1 aliphatic carbocycles. The Morgan fingerprint density at radius 2 is 1.27 bits per heavy atom. The molecule has 0 fully saturated rings. The van der Waals surface area contributed by atoms with Gasteiger partial charge in [0.2, 0.25) is 0 Å². The number of fused-ring (bicyclic) bond motifs is 8. The van der Waals surface area contributed by atoms with Gasteiger partial charge in [-0.2, -0.15) is 0 Å². The smallest absolute Gasteiger partial charge is 0.143 e. The van der Waals surface area contributed by atoms with Gasteiger partial charge >= 0.3 is 0 Å². The summed E-state index contributed by atoms with van der Waals surface area (Å²) in [6.45, 7) is 0. The number of benzene rings is 6. The molecule has 6 aromatic carbocycles. The minimum atomic E-state index is 0.214. The van der Waals surface area contributed by atoms with Crippen LogP contribution in [0.25, 0.3) is 54.6 Å². The van der Waals surface area contributed by atoms with Crippen molar-refractivity contribution in [1.82, 2.24) is 0 Å². The minimum absolute atomic E-state index is 0.214. The van der Waals surface area contributed by atoms with Crippen LogP contribution in [0, 0.1) is 0 Å². The van der Waals surface area contributed by atoms with E-state index < -0.39 is 0 Å². The first-order valence-electron chi connectivity index (χ1n) is 13.9. The molecule has 0 bridgehead atoms. The molecule has 1 aliphatic heterocycles. The molecule has 2 unspecified atom stereocenters. The van der Waals surface area contributed by atoms with E-state index in [2.05, 4.69) is 138 Å². The lowest BCUT2D eigenvalue weighted by atomic mass is 9.89. The Balaban J connectivity index is 1.29. The van der Waals surface area contributed by atoms with E-state index >= 15 is 0 Å². The third-order valence-electron chi connectivity index (χ3n) is 8.75. The molecule has 0 N–H and O–H groups in total. The molecule has 2 aliphatic rings. The van der Waals surface area contributed by atoms with Gasteiger partial charge in [-0.3, -0.25) is 0 Å². The van der Waals surface area contributed by atoms with E-state index in [1.54, 1.807) is 0 Å². The molecule has 0 amide bonds. The molecule has 7 aromatic rings. The summed E-state index contributed by atoms with van der Waals surface area (Å²) < 4.78 is 6.42. The highest BCUT2D eigenvalue weighted by Crippen LogP contribution is 2.52. The van der Waals surface area contributed by atoms with Crippen LogP contribution in [0.5, 0.6) is 0 Å². The first kappa shape index (κ1) is 21.8. The largest absolute Gasteiger partial charge is 0.455 e. The van der Waals surface area contributed by atoms with Gasteiger partial charge < -0.3 is 9.32 Å². The number of rotatable bonds is 2. The molecule has 40 heavy (non-hydrogen) atoms. The molecular formula is C38H25NO. The molecule has 2 heteroatoms. The lowest BCUT2D eigenvalue weighted by Crippen LogP contribution is -2.28. The highest BCUT2D eigenvalue weighted by atomic mass is 16.3. The number of anilines is 2. The topological polar surface area (TPSA) is 16.4 Å². The van der Waals surface area contributed by atoms with Gasteiger partial charge in [-0.15, -0.1) is 0 Å². The van der Waals surface area contributed by atoms with Gasteiger partial charge in [0.15, 0.2) is 0 Å². The predicted molar refractivity (Wildman–Crippen MR) is 168 cm³/mol. The molecule has 0 saturated carbocycles. The van der Waals surface area contributed by atoms with Crippen LogP contribution < -0.4 is 4.90 Å². The highest BCUT2D eigenvalue weighted by molar-refractivity contribution is 6.14. The summed E-state index contributed by atoms with van der Waals surface area (Å²) in [5.74, 6) is 0.271. The Hall–Kier alpha value is -5.08. The van der Waals surface area contributed by atoms with E-state index in [0.717, 1.165) is 27.5 Å². The van der Waals surface area contributed by atoms with Crippen molar-refractivity contribution in [2.45, 2.75) is 12.0 Å². The minimum Gasteiger partial charge on any atom is -0.455 e. The summed E-state index contributed by atoms with van der Waals surface area (Å²) in [4.78, 5) is 2.58. The van der Waals surface area contributed by atoms with Crippen molar-refractivity contribution in [1.29, 1.82) is 0 Å². The van der Waals surface area contributed by atoms with Gasteiger partial charge in [0.25, 0.3) is 0 Å². The van der Waals surface area contributed by atoms with Crippen LogP contribution in [0.2, 0.25) is 0 Å². The molecule has 2 nitrogen and oxygen atoms in total. The van der Waals surface area contributed by atoms with Gasteiger partial charge in [-0.1, -0.05) is 115 Å². The number of para-hydroxylation sites is 2. The van der Waals surface area contributed by atoms with E-state index in [0.29, 0.717) is 0 Å². The van der Waals surface area contributed by atoms with Crippen LogP contribution in [-0.2, 0) is 0 Å². The predicted octanol–water partition coefficient (Wildman–Crippen LogP) is 10.3. The van der Waals surface area contributed by atoms with E-state index in [1.165, 1.54) is 44.0 Å². The Morgan fingerprint density at radius 3 is 2.10 bits per heavy atom. The number of hydrogen-bond acceptors (Lipinski definition) is 2. The Morgan fingerprint density at radius 1 is 0.575 bits per heavy atom. The Bertz CT molecular complexity index is 2140. The van der Waals surface area contributed by atoms with E-state index in [9.17, 15) is 0 Å². The fraction of sp³-hybridized carbons (Fsp3) is 0.0526. The second-order valence-electron chi connectivity index (χ2n) is 10.9. The van der Waals surface area contributed by atoms with Crippen LogP contribution in [0.4, 0.5) is 11.4 Å². The molecule has 2 heterocycles. The first-order valence-corrected chi connectivity index (χ1v) is 13.9. The standard InChI is InChI=1S/C38H25NO/c1-3-12-27-24(10-1)22-25-11-2-4-13-28(25)37(27)39-34-18-7-5-14-30(34)33-23-26(20-21-35(33)39)29-16-9-17-32-31-15-6-8-19-36(31)40-38(29)32/h1-23,30,34H.